The Morgan fingerprint density at radius 1 is 1.25 bits per heavy atom. The first kappa shape index (κ1) is 14.1. The number of carbonyl (C=O) groups excluding carboxylic acids is 1. The van der Waals surface area contributed by atoms with Gasteiger partial charge in [-0.2, -0.15) is 5.10 Å². The van der Waals surface area contributed by atoms with Crippen molar-refractivity contribution in [3.05, 3.63) is 41.7 Å². The minimum Gasteiger partial charge on any atom is -0.385 e. The molecular weight excluding hydrogens is 252 g/mol. The van der Waals surface area contributed by atoms with Gasteiger partial charge >= 0.3 is 0 Å². The highest BCUT2D eigenvalue weighted by atomic mass is 16.1. The van der Waals surface area contributed by atoms with E-state index in [0.29, 0.717) is 5.56 Å². The smallest absolute Gasteiger partial charge is 0.255 e. The second kappa shape index (κ2) is 6.23. The molecule has 0 radical (unpaired) electrons. The molecule has 106 valence electrons. The Balaban J connectivity index is 2.11. The van der Waals surface area contributed by atoms with Gasteiger partial charge in [-0.3, -0.25) is 9.48 Å². The summed E-state index contributed by atoms with van der Waals surface area (Å²) < 4.78 is 1.71. The van der Waals surface area contributed by atoms with Gasteiger partial charge in [-0.1, -0.05) is 6.92 Å². The lowest BCUT2D eigenvalue weighted by Gasteiger charge is -2.06. The lowest BCUT2D eigenvalue weighted by molar-refractivity contribution is 0.102. The van der Waals surface area contributed by atoms with Crippen LogP contribution in [-0.2, 0) is 13.5 Å². The molecular formula is C15H20N4O. The summed E-state index contributed by atoms with van der Waals surface area (Å²) >= 11 is 0. The summed E-state index contributed by atoms with van der Waals surface area (Å²) in [6, 6.07) is 7.44. The van der Waals surface area contributed by atoms with E-state index in [1.807, 2.05) is 51.4 Å². The normalized spacial score (nSPS) is 10.3. The molecule has 0 aliphatic carbocycles. The van der Waals surface area contributed by atoms with E-state index in [1.165, 1.54) is 0 Å². The van der Waals surface area contributed by atoms with Gasteiger partial charge in [0.15, 0.2) is 0 Å². The molecule has 0 fully saturated rings. The largest absolute Gasteiger partial charge is 0.385 e. The van der Waals surface area contributed by atoms with Crippen molar-refractivity contribution in [2.75, 3.05) is 17.2 Å². The number of rotatable bonds is 5. The van der Waals surface area contributed by atoms with E-state index >= 15 is 0 Å². The van der Waals surface area contributed by atoms with Crippen LogP contribution in [0.2, 0.25) is 0 Å². The maximum atomic E-state index is 12.2. The monoisotopic (exact) mass is 272 g/mol. The third-order valence-corrected chi connectivity index (χ3v) is 3.02. The molecule has 1 aromatic carbocycles. The maximum Gasteiger partial charge on any atom is 0.255 e. The zero-order valence-corrected chi connectivity index (χ0v) is 12.1. The summed E-state index contributed by atoms with van der Waals surface area (Å²) in [4.78, 5) is 12.2. The van der Waals surface area contributed by atoms with Crippen LogP contribution in [0.3, 0.4) is 0 Å². The van der Waals surface area contributed by atoms with Crippen molar-refractivity contribution in [2.45, 2.75) is 20.3 Å². The van der Waals surface area contributed by atoms with Crippen LogP contribution >= 0.6 is 0 Å². The molecule has 0 bridgehead atoms. The second-order valence-electron chi connectivity index (χ2n) is 4.58. The van der Waals surface area contributed by atoms with Crippen molar-refractivity contribution in [1.82, 2.24) is 9.78 Å². The van der Waals surface area contributed by atoms with E-state index in [9.17, 15) is 4.79 Å². The summed E-state index contributed by atoms with van der Waals surface area (Å²) in [6.07, 6.45) is 2.61. The predicted octanol–water partition coefficient (Wildman–Crippen LogP) is 2.67. The third kappa shape index (κ3) is 3.17. The molecule has 1 amide bonds. The SMILES string of the molecule is CCNc1ccc(C(=O)Nc2cn(C)nc2CC)cc1. The summed E-state index contributed by atoms with van der Waals surface area (Å²) in [5.74, 6) is -0.115. The van der Waals surface area contributed by atoms with E-state index < -0.39 is 0 Å². The Bertz CT molecular complexity index is 586. The van der Waals surface area contributed by atoms with Crippen molar-refractivity contribution in [1.29, 1.82) is 0 Å². The maximum absolute atomic E-state index is 12.2. The van der Waals surface area contributed by atoms with Crippen LogP contribution in [-0.4, -0.2) is 22.2 Å². The van der Waals surface area contributed by atoms with Gasteiger partial charge in [0.05, 0.1) is 11.4 Å². The predicted molar refractivity (Wildman–Crippen MR) is 81.1 cm³/mol. The molecule has 0 saturated carbocycles. The van der Waals surface area contributed by atoms with Crippen molar-refractivity contribution in [3.63, 3.8) is 0 Å². The van der Waals surface area contributed by atoms with Crippen molar-refractivity contribution >= 4 is 17.3 Å². The molecule has 0 aliphatic heterocycles. The number of benzene rings is 1. The Hall–Kier alpha value is -2.30. The van der Waals surface area contributed by atoms with Crippen LogP contribution in [0.1, 0.15) is 29.9 Å². The van der Waals surface area contributed by atoms with Crippen LogP contribution in [0.5, 0.6) is 0 Å². The first-order chi connectivity index (χ1) is 9.63. The zero-order chi connectivity index (χ0) is 14.5. The Labute approximate surface area is 119 Å². The minimum atomic E-state index is -0.115. The average molecular weight is 272 g/mol. The number of aryl methyl sites for hydroxylation is 2. The Morgan fingerprint density at radius 3 is 2.55 bits per heavy atom. The standard InChI is InChI=1S/C15H20N4O/c1-4-13-14(10-19(3)18-13)17-15(20)11-6-8-12(9-7-11)16-5-2/h6-10,16H,4-5H2,1-3H3,(H,17,20). The highest BCUT2D eigenvalue weighted by Crippen LogP contribution is 2.16. The molecule has 1 aromatic heterocycles. The lowest BCUT2D eigenvalue weighted by Crippen LogP contribution is -2.12. The van der Waals surface area contributed by atoms with E-state index in [2.05, 4.69) is 15.7 Å². The Morgan fingerprint density at radius 2 is 1.95 bits per heavy atom. The molecule has 5 nitrogen and oxygen atoms in total. The molecule has 2 aromatic rings. The Kier molecular flexibility index (Phi) is 4.40. The molecule has 0 aliphatic rings. The number of aromatic nitrogens is 2. The van der Waals surface area contributed by atoms with Crippen molar-refractivity contribution in [3.8, 4) is 0 Å². The van der Waals surface area contributed by atoms with Gasteiger partial charge in [0.2, 0.25) is 0 Å². The van der Waals surface area contributed by atoms with Gasteiger partial charge in [0.1, 0.15) is 0 Å². The zero-order valence-electron chi connectivity index (χ0n) is 12.1. The van der Waals surface area contributed by atoms with Crippen LogP contribution < -0.4 is 10.6 Å². The number of amides is 1. The summed E-state index contributed by atoms with van der Waals surface area (Å²) in [5, 5.41) is 10.4. The molecule has 0 atom stereocenters. The van der Waals surface area contributed by atoms with E-state index in [4.69, 9.17) is 0 Å². The summed E-state index contributed by atoms with van der Waals surface area (Å²) in [6.45, 7) is 4.92. The minimum absolute atomic E-state index is 0.115. The number of anilines is 2. The fourth-order valence-electron chi connectivity index (χ4n) is 2.04. The number of hydrogen-bond acceptors (Lipinski definition) is 3. The van der Waals surface area contributed by atoms with Gasteiger partial charge in [-0.15, -0.1) is 0 Å². The number of carbonyl (C=O) groups is 1. The van der Waals surface area contributed by atoms with Gasteiger partial charge in [-0.25, -0.2) is 0 Å². The lowest BCUT2D eigenvalue weighted by atomic mass is 10.2. The van der Waals surface area contributed by atoms with Crippen molar-refractivity contribution in [2.24, 2.45) is 7.05 Å². The number of nitrogens with zero attached hydrogens (tertiary/aromatic N) is 2. The van der Waals surface area contributed by atoms with E-state index in [1.54, 1.807) is 4.68 Å². The van der Waals surface area contributed by atoms with Crippen LogP contribution in [0.15, 0.2) is 30.5 Å². The quantitative estimate of drug-likeness (QED) is 0.879. The molecule has 1 heterocycles. The highest BCUT2D eigenvalue weighted by molar-refractivity contribution is 6.04. The van der Waals surface area contributed by atoms with Gasteiger partial charge < -0.3 is 10.6 Å². The van der Waals surface area contributed by atoms with E-state index in [0.717, 1.165) is 30.0 Å². The molecule has 0 spiro atoms. The van der Waals surface area contributed by atoms with Crippen LogP contribution in [0, 0.1) is 0 Å². The van der Waals surface area contributed by atoms with Gasteiger partial charge in [0.25, 0.3) is 5.91 Å². The molecule has 2 N–H and O–H groups in total. The first-order valence-electron chi connectivity index (χ1n) is 6.81. The molecule has 20 heavy (non-hydrogen) atoms. The number of hydrogen-bond donors (Lipinski definition) is 2. The molecule has 2 rings (SSSR count). The van der Waals surface area contributed by atoms with Crippen LogP contribution in [0.4, 0.5) is 11.4 Å². The molecule has 0 unspecified atom stereocenters. The fraction of sp³-hybridized carbons (Fsp3) is 0.333. The van der Waals surface area contributed by atoms with E-state index in [-0.39, 0.29) is 5.91 Å². The molecule has 5 heteroatoms. The summed E-state index contributed by atoms with van der Waals surface area (Å²) in [5.41, 5.74) is 3.32. The van der Waals surface area contributed by atoms with Gasteiger partial charge in [0, 0.05) is 31.0 Å². The van der Waals surface area contributed by atoms with Gasteiger partial charge in [-0.05, 0) is 37.6 Å². The fourth-order valence-corrected chi connectivity index (χ4v) is 2.04. The summed E-state index contributed by atoms with van der Waals surface area (Å²) in [7, 11) is 1.85. The average Bonchev–Trinajstić information content (AvgIpc) is 2.80. The van der Waals surface area contributed by atoms with Crippen molar-refractivity contribution < 1.29 is 4.79 Å². The second-order valence-corrected chi connectivity index (χ2v) is 4.58. The number of nitrogens with one attached hydrogen (secondary N) is 2. The topological polar surface area (TPSA) is 59.0 Å². The molecule has 0 saturated heterocycles. The highest BCUT2D eigenvalue weighted by Gasteiger charge is 2.11. The van der Waals surface area contributed by atoms with Crippen LogP contribution in [0.25, 0.3) is 0 Å². The third-order valence-electron chi connectivity index (χ3n) is 3.02. The first-order valence-corrected chi connectivity index (χ1v) is 6.81.